The second kappa shape index (κ2) is 11.9. The lowest BCUT2D eigenvalue weighted by Crippen LogP contribution is -2.24. The Bertz CT molecular complexity index is 953. The van der Waals surface area contributed by atoms with Crippen molar-refractivity contribution in [1.29, 1.82) is 0 Å². The molecule has 0 bridgehead atoms. The van der Waals surface area contributed by atoms with Gasteiger partial charge in [-0.2, -0.15) is 0 Å². The van der Waals surface area contributed by atoms with Crippen molar-refractivity contribution in [1.82, 2.24) is 5.32 Å². The standard InChI is InChI=1S/C27H31NO4/c1-20(2)21-10-12-23(13-11-21)31-24-14-16-25(17-15-24)32-26(22-7-4-3-5-8-22)9-6-18-28-19-27(29)30/h3-5,7-8,10-17,20,26,28H,6,9,18-19H2,1-2H3,(H,29,30). The van der Waals surface area contributed by atoms with Gasteiger partial charge in [0.15, 0.2) is 0 Å². The minimum absolute atomic E-state index is 0.0292. The molecule has 1 atom stereocenters. The molecule has 0 fully saturated rings. The first-order valence-corrected chi connectivity index (χ1v) is 11.0. The monoisotopic (exact) mass is 433 g/mol. The summed E-state index contributed by atoms with van der Waals surface area (Å²) < 4.78 is 12.2. The first kappa shape index (κ1) is 23.4. The van der Waals surface area contributed by atoms with Gasteiger partial charge in [0.05, 0.1) is 6.54 Å². The number of carboxylic acid groups (broad SMARTS) is 1. The molecule has 0 aliphatic rings. The van der Waals surface area contributed by atoms with E-state index in [1.807, 2.05) is 66.7 Å². The lowest BCUT2D eigenvalue weighted by Gasteiger charge is -2.20. The molecule has 0 spiro atoms. The van der Waals surface area contributed by atoms with Gasteiger partial charge < -0.3 is 19.9 Å². The molecule has 0 saturated carbocycles. The van der Waals surface area contributed by atoms with Crippen LogP contribution in [0.2, 0.25) is 0 Å². The van der Waals surface area contributed by atoms with E-state index in [4.69, 9.17) is 14.6 Å². The molecule has 0 amide bonds. The van der Waals surface area contributed by atoms with Gasteiger partial charge in [0.2, 0.25) is 0 Å². The molecule has 3 aromatic carbocycles. The average molecular weight is 434 g/mol. The predicted molar refractivity (Wildman–Crippen MR) is 127 cm³/mol. The van der Waals surface area contributed by atoms with Gasteiger partial charge in [0, 0.05) is 0 Å². The predicted octanol–water partition coefficient (Wildman–Crippen LogP) is 6.18. The van der Waals surface area contributed by atoms with Crippen LogP contribution in [-0.4, -0.2) is 24.2 Å². The minimum Gasteiger partial charge on any atom is -0.486 e. The minimum atomic E-state index is -0.848. The Morgan fingerprint density at radius 1 is 0.844 bits per heavy atom. The molecule has 0 aromatic heterocycles. The third-order valence-electron chi connectivity index (χ3n) is 5.15. The molecule has 2 N–H and O–H groups in total. The fourth-order valence-corrected chi connectivity index (χ4v) is 3.38. The van der Waals surface area contributed by atoms with Crippen molar-refractivity contribution in [3.8, 4) is 17.2 Å². The van der Waals surface area contributed by atoms with Crippen LogP contribution in [0.1, 0.15) is 49.8 Å². The van der Waals surface area contributed by atoms with Gasteiger partial charge >= 0.3 is 5.97 Å². The maximum absolute atomic E-state index is 10.6. The van der Waals surface area contributed by atoms with Crippen molar-refractivity contribution in [2.24, 2.45) is 0 Å². The Labute approximate surface area is 190 Å². The van der Waals surface area contributed by atoms with Gasteiger partial charge in [0.25, 0.3) is 0 Å². The highest BCUT2D eigenvalue weighted by molar-refractivity contribution is 5.68. The summed E-state index contributed by atoms with van der Waals surface area (Å²) in [6, 6.07) is 25.9. The van der Waals surface area contributed by atoms with Crippen molar-refractivity contribution >= 4 is 5.97 Å². The second-order valence-electron chi connectivity index (χ2n) is 8.03. The molecular weight excluding hydrogens is 402 g/mol. The highest BCUT2D eigenvalue weighted by Gasteiger charge is 2.13. The highest BCUT2D eigenvalue weighted by Crippen LogP contribution is 2.29. The second-order valence-corrected chi connectivity index (χ2v) is 8.03. The molecule has 0 aliphatic carbocycles. The van der Waals surface area contributed by atoms with Gasteiger partial charge in [-0.25, -0.2) is 0 Å². The van der Waals surface area contributed by atoms with Gasteiger partial charge in [-0.3, -0.25) is 4.79 Å². The van der Waals surface area contributed by atoms with Crippen LogP contribution in [0.4, 0.5) is 0 Å². The number of benzene rings is 3. The van der Waals surface area contributed by atoms with E-state index in [0.29, 0.717) is 12.5 Å². The molecule has 3 rings (SSSR count). The Kier molecular flexibility index (Phi) is 8.70. The molecule has 5 nitrogen and oxygen atoms in total. The lowest BCUT2D eigenvalue weighted by molar-refractivity contribution is -0.135. The van der Waals surface area contributed by atoms with Crippen LogP contribution in [0.3, 0.4) is 0 Å². The Balaban J connectivity index is 1.59. The van der Waals surface area contributed by atoms with E-state index < -0.39 is 5.97 Å². The van der Waals surface area contributed by atoms with E-state index in [-0.39, 0.29) is 12.6 Å². The van der Waals surface area contributed by atoms with E-state index in [2.05, 4.69) is 31.3 Å². The molecule has 0 radical (unpaired) electrons. The van der Waals surface area contributed by atoms with Crippen molar-refractivity contribution < 1.29 is 19.4 Å². The largest absolute Gasteiger partial charge is 0.486 e. The molecule has 1 unspecified atom stereocenters. The van der Waals surface area contributed by atoms with Crippen LogP contribution in [0, 0.1) is 0 Å². The third kappa shape index (κ3) is 7.43. The quantitative estimate of drug-likeness (QED) is 0.334. The van der Waals surface area contributed by atoms with E-state index in [0.717, 1.165) is 35.7 Å². The number of carboxylic acids is 1. The lowest BCUT2D eigenvalue weighted by atomic mass is 10.0. The summed E-state index contributed by atoms with van der Waals surface area (Å²) in [7, 11) is 0. The van der Waals surface area contributed by atoms with Gasteiger partial charge in [-0.15, -0.1) is 0 Å². The van der Waals surface area contributed by atoms with E-state index in [1.54, 1.807) is 0 Å². The molecule has 0 heterocycles. The molecule has 3 aromatic rings. The molecular formula is C27H31NO4. The Morgan fingerprint density at radius 3 is 2.03 bits per heavy atom. The summed E-state index contributed by atoms with van der Waals surface area (Å²) in [5.41, 5.74) is 2.38. The van der Waals surface area contributed by atoms with E-state index >= 15 is 0 Å². The number of nitrogens with one attached hydrogen (secondary N) is 1. The Morgan fingerprint density at radius 2 is 1.44 bits per heavy atom. The summed E-state index contributed by atoms with van der Waals surface area (Å²) in [5, 5.41) is 11.7. The first-order valence-electron chi connectivity index (χ1n) is 11.0. The number of carbonyl (C=O) groups is 1. The van der Waals surface area contributed by atoms with Gasteiger partial charge in [-0.1, -0.05) is 56.3 Å². The summed E-state index contributed by atoms with van der Waals surface area (Å²) in [5.74, 6) is 1.97. The maximum Gasteiger partial charge on any atom is 0.317 e. The molecule has 0 aliphatic heterocycles. The fourth-order valence-electron chi connectivity index (χ4n) is 3.38. The van der Waals surface area contributed by atoms with Gasteiger partial charge in [-0.05, 0) is 72.8 Å². The molecule has 5 heteroatoms. The topological polar surface area (TPSA) is 67.8 Å². The number of aliphatic carboxylic acids is 1. The van der Waals surface area contributed by atoms with Crippen LogP contribution >= 0.6 is 0 Å². The van der Waals surface area contributed by atoms with Crippen molar-refractivity contribution in [3.05, 3.63) is 90.0 Å². The SMILES string of the molecule is CC(C)c1ccc(Oc2ccc(OC(CCCNCC(=O)O)c3ccccc3)cc2)cc1. The summed E-state index contributed by atoms with van der Waals surface area (Å²) in [6.07, 6.45) is 1.47. The zero-order valence-electron chi connectivity index (χ0n) is 18.7. The summed E-state index contributed by atoms with van der Waals surface area (Å²) in [6.45, 7) is 4.94. The normalized spacial score (nSPS) is 11.8. The number of hydrogen-bond donors (Lipinski definition) is 2. The maximum atomic E-state index is 10.6. The van der Waals surface area contributed by atoms with E-state index in [1.165, 1.54) is 5.56 Å². The van der Waals surface area contributed by atoms with Crippen molar-refractivity contribution in [2.75, 3.05) is 13.1 Å². The smallest absolute Gasteiger partial charge is 0.317 e. The van der Waals surface area contributed by atoms with Crippen LogP contribution < -0.4 is 14.8 Å². The number of ether oxygens (including phenoxy) is 2. The van der Waals surface area contributed by atoms with E-state index in [9.17, 15) is 4.79 Å². The van der Waals surface area contributed by atoms with Crippen molar-refractivity contribution in [3.63, 3.8) is 0 Å². The van der Waals surface area contributed by atoms with Gasteiger partial charge in [0.1, 0.15) is 23.4 Å². The first-order chi connectivity index (χ1) is 15.5. The van der Waals surface area contributed by atoms with Crippen LogP contribution in [0.15, 0.2) is 78.9 Å². The van der Waals surface area contributed by atoms with Crippen LogP contribution in [0.5, 0.6) is 17.2 Å². The third-order valence-corrected chi connectivity index (χ3v) is 5.15. The molecule has 32 heavy (non-hydrogen) atoms. The van der Waals surface area contributed by atoms with Crippen LogP contribution in [0.25, 0.3) is 0 Å². The summed E-state index contributed by atoms with van der Waals surface area (Å²) in [4.78, 5) is 10.6. The van der Waals surface area contributed by atoms with Crippen molar-refractivity contribution in [2.45, 2.75) is 38.7 Å². The average Bonchev–Trinajstić information content (AvgIpc) is 2.80. The zero-order valence-corrected chi connectivity index (χ0v) is 18.7. The molecule has 0 saturated heterocycles. The number of rotatable bonds is 12. The summed E-state index contributed by atoms with van der Waals surface area (Å²) >= 11 is 0. The number of hydrogen-bond acceptors (Lipinski definition) is 4. The Hall–Kier alpha value is -3.31. The van der Waals surface area contributed by atoms with Crippen LogP contribution in [-0.2, 0) is 4.79 Å². The fraction of sp³-hybridized carbons (Fsp3) is 0.296. The zero-order chi connectivity index (χ0) is 22.8. The highest BCUT2D eigenvalue weighted by atomic mass is 16.5. The molecule has 168 valence electrons.